The molecule has 1 amide bonds. The highest BCUT2D eigenvalue weighted by atomic mass is 35.5. The summed E-state index contributed by atoms with van der Waals surface area (Å²) in [7, 11) is 0. The molecule has 0 atom stereocenters. The number of carbonyl (C=O) groups excluding carboxylic acids is 1. The Morgan fingerprint density at radius 3 is 3.06 bits per heavy atom. The zero-order valence-electron chi connectivity index (χ0n) is 10.0. The third-order valence-corrected chi connectivity index (χ3v) is 3.11. The molecule has 4 nitrogen and oxygen atoms in total. The van der Waals surface area contributed by atoms with Gasteiger partial charge in [-0.3, -0.25) is 4.79 Å². The van der Waals surface area contributed by atoms with Crippen LogP contribution >= 0.6 is 11.6 Å². The fourth-order valence-corrected chi connectivity index (χ4v) is 2.21. The standard InChI is InChI=1S/C13H16ClN3O/c14-10-3-1-4-11-13(10)9(8-17-11)7-12(18)16-6-2-5-15/h1,3-4,8,17H,2,5-7,15H2,(H,16,18). The number of aromatic nitrogens is 1. The average molecular weight is 266 g/mol. The second kappa shape index (κ2) is 5.89. The van der Waals surface area contributed by atoms with Crippen LogP contribution < -0.4 is 11.1 Å². The molecule has 0 saturated heterocycles. The highest BCUT2D eigenvalue weighted by Gasteiger charge is 2.10. The Balaban J connectivity index is 2.10. The van der Waals surface area contributed by atoms with Gasteiger partial charge in [0.05, 0.1) is 11.4 Å². The Bertz CT molecular complexity index is 550. The summed E-state index contributed by atoms with van der Waals surface area (Å²) in [6.07, 6.45) is 2.95. The van der Waals surface area contributed by atoms with Gasteiger partial charge in [-0.25, -0.2) is 0 Å². The number of nitrogens with two attached hydrogens (primary N) is 1. The van der Waals surface area contributed by atoms with Crippen LogP contribution in [0.15, 0.2) is 24.4 Å². The van der Waals surface area contributed by atoms with Gasteiger partial charge in [-0.15, -0.1) is 0 Å². The zero-order valence-corrected chi connectivity index (χ0v) is 10.8. The normalized spacial score (nSPS) is 10.8. The molecule has 0 radical (unpaired) electrons. The number of hydrogen-bond acceptors (Lipinski definition) is 2. The molecule has 2 rings (SSSR count). The number of aromatic amines is 1. The zero-order chi connectivity index (χ0) is 13.0. The van der Waals surface area contributed by atoms with Crippen LogP contribution in [0.3, 0.4) is 0 Å². The first-order valence-electron chi connectivity index (χ1n) is 5.93. The molecule has 0 unspecified atom stereocenters. The van der Waals surface area contributed by atoms with Crippen LogP contribution in [0.2, 0.25) is 5.02 Å². The van der Waals surface area contributed by atoms with E-state index in [0.717, 1.165) is 22.9 Å². The summed E-state index contributed by atoms with van der Waals surface area (Å²) in [6.45, 7) is 1.20. The fourth-order valence-electron chi connectivity index (χ4n) is 1.91. The summed E-state index contributed by atoms with van der Waals surface area (Å²) in [5.74, 6) is -0.00994. The average Bonchev–Trinajstić information content (AvgIpc) is 2.74. The number of fused-ring (bicyclic) bond motifs is 1. The van der Waals surface area contributed by atoms with Gasteiger partial charge >= 0.3 is 0 Å². The lowest BCUT2D eigenvalue weighted by Crippen LogP contribution is -2.27. The molecule has 18 heavy (non-hydrogen) atoms. The molecule has 0 saturated carbocycles. The number of nitrogens with one attached hydrogen (secondary N) is 2. The second-order valence-corrected chi connectivity index (χ2v) is 4.55. The number of amides is 1. The van der Waals surface area contributed by atoms with Crippen molar-refractivity contribution >= 4 is 28.4 Å². The van der Waals surface area contributed by atoms with E-state index in [1.54, 1.807) is 0 Å². The van der Waals surface area contributed by atoms with Crippen molar-refractivity contribution in [1.82, 2.24) is 10.3 Å². The van der Waals surface area contributed by atoms with Gasteiger partial charge in [0.2, 0.25) is 5.91 Å². The molecule has 0 bridgehead atoms. The van der Waals surface area contributed by atoms with Crippen molar-refractivity contribution in [3.63, 3.8) is 0 Å². The topological polar surface area (TPSA) is 70.9 Å². The predicted octanol–water partition coefficient (Wildman–Crippen LogP) is 1.83. The lowest BCUT2D eigenvalue weighted by atomic mass is 10.1. The first-order chi connectivity index (χ1) is 8.72. The number of rotatable bonds is 5. The van der Waals surface area contributed by atoms with E-state index < -0.39 is 0 Å². The lowest BCUT2D eigenvalue weighted by Gasteiger charge is -2.04. The Morgan fingerprint density at radius 1 is 1.44 bits per heavy atom. The van der Waals surface area contributed by atoms with Gasteiger partial charge in [0.1, 0.15) is 0 Å². The van der Waals surface area contributed by atoms with Crippen molar-refractivity contribution in [1.29, 1.82) is 0 Å². The number of H-pyrrole nitrogens is 1. The second-order valence-electron chi connectivity index (χ2n) is 4.15. The quantitative estimate of drug-likeness (QED) is 0.722. The first-order valence-corrected chi connectivity index (χ1v) is 6.31. The fraction of sp³-hybridized carbons (Fsp3) is 0.308. The van der Waals surface area contributed by atoms with Gasteiger partial charge in [0.25, 0.3) is 0 Å². The SMILES string of the molecule is NCCCNC(=O)Cc1c[nH]c2cccc(Cl)c12. The molecule has 96 valence electrons. The maximum absolute atomic E-state index is 11.7. The molecule has 0 aliphatic rings. The summed E-state index contributed by atoms with van der Waals surface area (Å²) in [4.78, 5) is 14.8. The van der Waals surface area contributed by atoms with E-state index in [2.05, 4.69) is 10.3 Å². The number of hydrogen-bond donors (Lipinski definition) is 3. The van der Waals surface area contributed by atoms with E-state index in [0.29, 0.717) is 24.5 Å². The largest absolute Gasteiger partial charge is 0.361 e. The minimum Gasteiger partial charge on any atom is -0.361 e. The maximum Gasteiger partial charge on any atom is 0.224 e. The molecule has 1 aromatic carbocycles. The van der Waals surface area contributed by atoms with Gasteiger partial charge < -0.3 is 16.0 Å². The number of benzene rings is 1. The van der Waals surface area contributed by atoms with Crippen molar-refractivity contribution in [2.75, 3.05) is 13.1 Å². The number of carbonyl (C=O) groups is 1. The van der Waals surface area contributed by atoms with Crippen molar-refractivity contribution in [2.24, 2.45) is 5.73 Å². The third-order valence-electron chi connectivity index (χ3n) is 2.79. The molecule has 0 aliphatic carbocycles. The molecular weight excluding hydrogens is 250 g/mol. The highest BCUT2D eigenvalue weighted by Crippen LogP contribution is 2.26. The molecule has 0 spiro atoms. The summed E-state index contributed by atoms with van der Waals surface area (Å²) >= 11 is 6.15. The monoisotopic (exact) mass is 265 g/mol. The predicted molar refractivity (Wildman–Crippen MR) is 73.7 cm³/mol. The maximum atomic E-state index is 11.7. The molecule has 2 aromatic rings. The van der Waals surface area contributed by atoms with Crippen LogP contribution in [-0.2, 0) is 11.2 Å². The lowest BCUT2D eigenvalue weighted by molar-refractivity contribution is -0.120. The van der Waals surface area contributed by atoms with Crippen LogP contribution in [0.25, 0.3) is 10.9 Å². The van der Waals surface area contributed by atoms with Gasteiger partial charge in [0, 0.05) is 23.6 Å². The van der Waals surface area contributed by atoms with Crippen LogP contribution in [0.4, 0.5) is 0 Å². The number of halogens is 1. The third kappa shape index (κ3) is 2.83. The molecular formula is C13H16ClN3O. The Hall–Kier alpha value is -1.52. The molecule has 0 fully saturated rings. The minimum atomic E-state index is -0.00994. The Morgan fingerprint density at radius 2 is 2.28 bits per heavy atom. The van der Waals surface area contributed by atoms with Crippen molar-refractivity contribution in [3.05, 3.63) is 35.0 Å². The smallest absolute Gasteiger partial charge is 0.224 e. The van der Waals surface area contributed by atoms with Crippen LogP contribution in [0.5, 0.6) is 0 Å². The van der Waals surface area contributed by atoms with Crippen LogP contribution in [-0.4, -0.2) is 24.0 Å². The Labute approximate surface area is 111 Å². The van der Waals surface area contributed by atoms with E-state index in [1.165, 1.54) is 0 Å². The summed E-state index contributed by atoms with van der Waals surface area (Å²) in [6, 6.07) is 5.65. The summed E-state index contributed by atoms with van der Waals surface area (Å²) in [5, 5.41) is 4.42. The van der Waals surface area contributed by atoms with E-state index >= 15 is 0 Å². The van der Waals surface area contributed by atoms with Gasteiger partial charge in [-0.2, -0.15) is 0 Å². The summed E-state index contributed by atoms with van der Waals surface area (Å²) < 4.78 is 0. The van der Waals surface area contributed by atoms with Gasteiger partial charge in [-0.1, -0.05) is 17.7 Å². The van der Waals surface area contributed by atoms with Crippen LogP contribution in [0.1, 0.15) is 12.0 Å². The van der Waals surface area contributed by atoms with Crippen molar-refractivity contribution in [2.45, 2.75) is 12.8 Å². The molecule has 0 aliphatic heterocycles. The van der Waals surface area contributed by atoms with Crippen molar-refractivity contribution < 1.29 is 4.79 Å². The van der Waals surface area contributed by atoms with E-state index in [1.807, 2.05) is 24.4 Å². The van der Waals surface area contributed by atoms with Crippen molar-refractivity contribution in [3.8, 4) is 0 Å². The van der Waals surface area contributed by atoms with E-state index in [9.17, 15) is 4.79 Å². The Kier molecular flexibility index (Phi) is 4.23. The molecule has 5 heteroatoms. The van der Waals surface area contributed by atoms with Gasteiger partial charge in [-0.05, 0) is 30.7 Å². The van der Waals surface area contributed by atoms with Gasteiger partial charge in [0.15, 0.2) is 0 Å². The molecule has 1 aromatic heterocycles. The van der Waals surface area contributed by atoms with E-state index in [-0.39, 0.29) is 5.91 Å². The molecule has 1 heterocycles. The van der Waals surface area contributed by atoms with E-state index in [4.69, 9.17) is 17.3 Å². The molecule has 4 N–H and O–H groups in total. The first kappa shape index (κ1) is 12.9. The highest BCUT2D eigenvalue weighted by molar-refractivity contribution is 6.35. The minimum absolute atomic E-state index is 0.00994. The summed E-state index contributed by atoms with van der Waals surface area (Å²) in [5.41, 5.74) is 7.24. The van der Waals surface area contributed by atoms with Crippen LogP contribution in [0, 0.1) is 0 Å².